The van der Waals surface area contributed by atoms with Crippen LogP contribution in [0.5, 0.6) is 0 Å². The molecular formula is C22H27FN2O. The molecule has 3 nitrogen and oxygen atoms in total. The zero-order valence-electron chi connectivity index (χ0n) is 16.6. The van der Waals surface area contributed by atoms with Gasteiger partial charge in [-0.15, -0.1) is 0 Å². The first-order chi connectivity index (χ1) is 12.2. The maximum absolute atomic E-state index is 14.7. The van der Waals surface area contributed by atoms with E-state index in [9.17, 15) is 9.18 Å². The maximum Gasteiger partial charge on any atom is 0.282 e. The van der Waals surface area contributed by atoms with Crippen molar-refractivity contribution in [3.8, 4) is 5.69 Å². The Morgan fingerprint density at radius 2 is 1.73 bits per heavy atom. The van der Waals surface area contributed by atoms with Gasteiger partial charge in [-0.1, -0.05) is 46.8 Å². The number of rotatable bonds is 1. The number of hydrogen-bond donors (Lipinski definition) is 0. The molecule has 0 aliphatic heterocycles. The fourth-order valence-corrected chi connectivity index (χ4v) is 2.80. The minimum Gasteiger partial charge on any atom is -0.267 e. The highest BCUT2D eigenvalue weighted by Gasteiger charge is 2.19. The number of hydrogen-bond acceptors (Lipinski definition) is 2. The first-order valence-electron chi connectivity index (χ1n) is 8.99. The molecule has 0 amide bonds. The lowest BCUT2D eigenvalue weighted by Gasteiger charge is -2.20. The van der Waals surface area contributed by atoms with E-state index in [4.69, 9.17) is 0 Å². The van der Waals surface area contributed by atoms with Crippen LogP contribution in [0.25, 0.3) is 16.5 Å². The number of halogens is 1. The largest absolute Gasteiger partial charge is 0.282 e. The van der Waals surface area contributed by atoms with Crippen molar-refractivity contribution in [1.82, 2.24) is 9.78 Å². The topological polar surface area (TPSA) is 34.9 Å². The summed E-state index contributed by atoms with van der Waals surface area (Å²) >= 11 is 0. The van der Waals surface area contributed by atoms with E-state index in [0.29, 0.717) is 11.1 Å². The second-order valence-electron chi connectivity index (χ2n) is 7.25. The second-order valence-corrected chi connectivity index (χ2v) is 7.25. The van der Waals surface area contributed by atoms with Crippen LogP contribution in [0.4, 0.5) is 4.39 Å². The molecule has 2 aromatic carbocycles. The van der Waals surface area contributed by atoms with Crippen LogP contribution in [0.2, 0.25) is 0 Å². The van der Waals surface area contributed by atoms with E-state index in [1.807, 2.05) is 72.7 Å². The summed E-state index contributed by atoms with van der Waals surface area (Å²) < 4.78 is 16.0. The Hall–Kier alpha value is -2.49. The highest BCUT2D eigenvalue weighted by Crippen LogP contribution is 2.27. The third-order valence-electron chi connectivity index (χ3n) is 4.51. The fourth-order valence-electron chi connectivity index (χ4n) is 2.80. The van der Waals surface area contributed by atoms with Crippen molar-refractivity contribution >= 4 is 10.8 Å². The van der Waals surface area contributed by atoms with Gasteiger partial charge >= 0.3 is 0 Å². The molecule has 3 rings (SSSR count). The second kappa shape index (κ2) is 7.40. The van der Waals surface area contributed by atoms with E-state index in [0.717, 1.165) is 16.7 Å². The molecule has 0 spiro atoms. The highest BCUT2D eigenvalue weighted by atomic mass is 19.1. The molecular weight excluding hydrogens is 327 g/mol. The molecule has 3 aromatic rings. The van der Waals surface area contributed by atoms with Gasteiger partial charge in [0.05, 0.1) is 17.3 Å². The van der Waals surface area contributed by atoms with Crippen molar-refractivity contribution in [2.45, 2.75) is 53.9 Å². The predicted octanol–water partition coefficient (Wildman–Crippen LogP) is 5.47. The quantitative estimate of drug-likeness (QED) is 0.581. The van der Waals surface area contributed by atoms with Gasteiger partial charge in [-0.25, -0.2) is 4.39 Å². The predicted molar refractivity (Wildman–Crippen MR) is 107 cm³/mol. The molecule has 1 aromatic heterocycles. The molecule has 26 heavy (non-hydrogen) atoms. The first kappa shape index (κ1) is 19.8. The standard InChI is InChI=1S/C20H21FN2O.C2H6/c1-12-7-6-8-17(13(12)2)23-19(24)18-14(11-22-23)9-15(10-16(18)21)20(3,4)5;1-2/h6-11H,1-5H3;1-2H3. The van der Waals surface area contributed by atoms with Gasteiger partial charge < -0.3 is 0 Å². The van der Waals surface area contributed by atoms with Gasteiger partial charge in [0.15, 0.2) is 0 Å². The molecule has 0 bridgehead atoms. The molecule has 0 N–H and O–H groups in total. The fraction of sp³-hybridized carbons (Fsp3) is 0.364. The van der Waals surface area contributed by atoms with Crippen LogP contribution in [0.1, 0.15) is 51.3 Å². The monoisotopic (exact) mass is 354 g/mol. The Kier molecular flexibility index (Phi) is 5.65. The normalized spacial score (nSPS) is 11.2. The van der Waals surface area contributed by atoms with Crippen molar-refractivity contribution in [2.75, 3.05) is 0 Å². The maximum atomic E-state index is 14.7. The summed E-state index contributed by atoms with van der Waals surface area (Å²) in [7, 11) is 0. The molecule has 1 heterocycles. The minimum absolute atomic E-state index is 0.0823. The number of aryl methyl sites for hydroxylation is 1. The van der Waals surface area contributed by atoms with Crippen LogP contribution in [0.15, 0.2) is 41.3 Å². The Morgan fingerprint density at radius 3 is 2.35 bits per heavy atom. The molecule has 0 saturated carbocycles. The van der Waals surface area contributed by atoms with Crippen molar-refractivity contribution in [3.05, 3.63) is 69.4 Å². The molecule has 4 heteroatoms. The van der Waals surface area contributed by atoms with E-state index >= 15 is 0 Å². The molecule has 0 saturated heterocycles. The average molecular weight is 354 g/mol. The van der Waals surface area contributed by atoms with Gasteiger partial charge in [-0.05, 0) is 54.2 Å². The van der Waals surface area contributed by atoms with E-state index in [1.165, 1.54) is 10.7 Å². The lowest BCUT2D eigenvalue weighted by Crippen LogP contribution is -2.23. The van der Waals surface area contributed by atoms with Gasteiger partial charge in [0.1, 0.15) is 5.82 Å². The smallest absolute Gasteiger partial charge is 0.267 e. The third kappa shape index (κ3) is 3.55. The summed E-state index contributed by atoms with van der Waals surface area (Å²) in [5.74, 6) is -0.496. The van der Waals surface area contributed by atoms with Crippen LogP contribution in [-0.4, -0.2) is 9.78 Å². The van der Waals surface area contributed by atoms with E-state index in [-0.39, 0.29) is 10.8 Å². The summed E-state index contributed by atoms with van der Waals surface area (Å²) in [6.45, 7) is 13.9. The average Bonchev–Trinajstić information content (AvgIpc) is 2.59. The minimum atomic E-state index is -0.496. The molecule has 0 fully saturated rings. The van der Waals surface area contributed by atoms with Crippen molar-refractivity contribution in [2.24, 2.45) is 0 Å². The summed E-state index contributed by atoms with van der Waals surface area (Å²) in [5.41, 5.74) is 2.92. The third-order valence-corrected chi connectivity index (χ3v) is 4.51. The Morgan fingerprint density at radius 1 is 1.08 bits per heavy atom. The van der Waals surface area contributed by atoms with Crippen LogP contribution in [-0.2, 0) is 5.41 Å². The molecule has 0 radical (unpaired) electrons. The van der Waals surface area contributed by atoms with Crippen LogP contribution >= 0.6 is 0 Å². The summed E-state index contributed by atoms with van der Waals surface area (Å²) in [6.07, 6.45) is 1.57. The van der Waals surface area contributed by atoms with Gasteiger partial charge in [0, 0.05) is 5.39 Å². The molecule has 138 valence electrons. The van der Waals surface area contributed by atoms with Crippen LogP contribution in [0, 0.1) is 19.7 Å². The van der Waals surface area contributed by atoms with E-state index in [2.05, 4.69) is 5.10 Å². The van der Waals surface area contributed by atoms with E-state index in [1.54, 1.807) is 6.20 Å². The zero-order chi connectivity index (χ0) is 19.6. The Labute approximate surface area is 154 Å². The van der Waals surface area contributed by atoms with Gasteiger partial charge in [0.25, 0.3) is 5.56 Å². The summed E-state index contributed by atoms with van der Waals surface area (Å²) in [5, 5.41) is 4.90. The molecule has 0 unspecified atom stereocenters. The van der Waals surface area contributed by atoms with Crippen molar-refractivity contribution < 1.29 is 4.39 Å². The summed E-state index contributed by atoms with van der Waals surface area (Å²) in [6, 6.07) is 8.97. The number of benzene rings is 2. The molecule has 0 aliphatic carbocycles. The SMILES string of the molecule is CC.Cc1cccc(-n2ncc3cc(C(C)(C)C)cc(F)c3c2=O)c1C. The van der Waals surface area contributed by atoms with E-state index < -0.39 is 11.4 Å². The lowest BCUT2D eigenvalue weighted by molar-refractivity contribution is 0.576. The Bertz CT molecular complexity index is 997. The van der Waals surface area contributed by atoms with Gasteiger partial charge in [0.2, 0.25) is 0 Å². The van der Waals surface area contributed by atoms with Crippen LogP contribution < -0.4 is 5.56 Å². The van der Waals surface area contributed by atoms with Gasteiger partial charge in [-0.2, -0.15) is 9.78 Å². The lowest BCUT2D eigenvalue weighted by atomic mass is 9.86. The summed E-state index contributed by atoms with van der Waals surface area (Å²) in [4.78, 5) is 12.8. The first-order valence-corrected chi connectivity index (χ1v) is 8.99. The van der Waals surface area contributed by atoms with Crippen LogP contribution in [0.3, 0.4) is 0 Å². The number of fused-ring (bicyclic) bond motifs is 1. The van der Waals surface area contributed by atoms with Gasteiger partial charge in [-0.3, -0.25) is 4.79 Å². The highest BCUT2D eigenvalue weighted by molar-refractivity contribution is 5.82. The Balaban J connectivity index is 0.00000117. The number of aromatic nitrogens is 2. The molecule has 0 atom stereocenters. The number of nitrogens with zero attached hydrogens (tertiary/aromatic N) is 2. The molecule has 0 aliphatic rings. The van der Waals surface area contributed by atoms with Crippen molar-refractivity contribution in [3.63, 3.8) is 0 Å². The zero-order valence-corrected chi connectivity index (χ0v) is 16.6. The van der Waals surface area contributed by atoms with Crippen molar-refractivity contribution in [1.29, 1.82) is 0 Å².